The molecular weight excluding hydrogens is 398 g/mol. The van der Waals surface area contributed by atoms with Crippen LogP contribution in [0.4, 0.5) is 0 Å². The number of ether oxygens (including phenoxy) is 2. The summed E-state index contributed by atoms with van der Waals surface area (Å²) in [4.78, 5) is 33.8. The van der Waals surface area contributed by atoms with Crippen LogP contribution in [0.25, 0.3) is 5.76 Å². The summed E-state index contributed by atoms with van der Waals surface area (Å²) in [5, 5.41) is 11.1. The van der Waals surface area contributed by atoms with Gasteiger partial charge in [0.1, 0.15) is 5.76 Å². The Kier molecular flexibility index (Phi) is 5.90. The van der Waals surface area contributed by atoms with Crippen LogP contribution in [0.5, 0.6) is 11.5 Å². The van der Waals surface area contributed by atoms with Gasteiger partial charge >= 0.3 is 0 Å². The zero-order chi connectivity index (χ0) is 22.0. The van der Waals surface area contributed by atoms with E-state index in [0.29, 0.717) is 35.7 Å². The van der Waals surface area contributed by atoms with Gasteiger partial charge in [-0.05, 0) is 42.9 Å². The van der Waals surface area contributed by atoms with E-state index in [1.54, 1.807) is 42.7 Å². The van der Waals surface area contributed by atoms with Gasteiger partial charge in [0.15, 0.2) is 11.5 Å². The maximum absolute atomic E-state index is 13.0. The SMILES string of the molecule is CCN(CC)CCN1C(=O)C(=O)C(=C(O)c2ccc3c(c2)OCO3)[C@@H]1c1cccnc1. The highest BCUT2D eigenvalue weighted by atomic mass is 16.7. The first-order chi connectivity index (χ1) is 15.0. The number of likely N-dealkylation sites (N-methyl/N-ethyl adjacent to an activating group) is 1. The third kappa shape index (κ3) is 3.86. The molecule has 0 aliphatic carbocycles. The van der Waals surface area contributed by atoms with Crippen molar-refractivity contribution in [1.82, 2.24) is 14.8 Å². The van der Waals surface area contributed by atoms with Crippen LogP contribution >= 0.6 is 0 Å². The van der Waals surface area contributed by atoms with Crippen molar-refractivity contribution >= 4 is 17.4 Å². The highest BCUT2D eigenvalue weighted by molar-refractivity contribution is 6.46. The van der Waals surface area contributed by atoms with Crippen LogP contribution in [0.3, 0.4) is 0 Å². The van der Waals surface area contributed by atoms with Crippen LogP contribution in [0.2, 0.25) is 0 Å². The number of likely N-dealkylation sites (tertiary alicyclic amines) is 1. The van der Waals surface area contributed by atoms with Gasteiger partial charge in [-0.1, -0.05) is 19.9 Å². The molecule has 1 amide bonds. The summed E-state index contributed by atoms with van der Waals surface area (Å²) in [5.41, 5.74) is 1.11. The molecule has 0 unspecified atom stereocenters. The van der Waals surface area contributed by atoms with Crippen molar-refractivity contribution in [3.05, 3.63) is 59.4 Å². The Morgan fingerprint density at radius 2 is 1.97 bits per heavy atom. The van der Waals surface area contributed by atoms with Crippen LogP contribution in [0.1, 0.15) is 31.0 Å². The molecular formula is C23H25N3O5. The molecule has 0 radical (unpaired) electrons. The average molecular weight is 423 g/mol. The van der Waals surface area contributed by atoms with E-state index in [2.05, 4.69) is 23.7 Å². The van der Waals surface area contributed by atoms with Gasteiger partial charge in [-0.2, -0.15) is 0 Å². The number of benzene rings is 1. The van der Waals surface area contributed by atoms with E-state index in [1.165, 1.54) is 4.90 Å². The highest BCUT2D eigenvalue weighted by Crippen LogP contribution is 2.41. The summed E-state index contributed by atoms with van der Waals surface area (Å²) in [5.74, 6) is -0.513. The van der Waals surface area contributed by atoms with Gasteiger partial charge in [0, 0.05) is 31.0 Å². The zero-order valence-electron chi connectivity index (χ0n) is 17.6. The molecule has 8 nitrogen and oxygen atoms in total. The predicted octanol–water partition coefficient (Wildman–Crippen LogP) is 2.57. The van der Waals surface area contributed by atoms with E-state index in [9.17, 15) is 14.7 Å². The van der Waals surface area contributed by atoms with Crippen molar-refractivity contribution in [3.8, 4) is 11.5 Å². The summed E-state index contributed by atoms with van der Waals surface area (Å²) < 4.78 is 10.7. The third-order valence-corrected chi connectivity index (χ3v) is 5.74. The number of aliphatic hydroxyl groups excluding tert-OH is 1. The molecule has 2 aromatic rings. The van der Waals surface area contributed by atoms with Gasteiger partial charge in [-0.3, -0.25) is 14.6 Å². The number of aromatic nitrogens is 1. The number of fused-ring (bicyclic) bond motifs is 1. The molecule has 1 saturated heterocycles. The molecule has 0 saturated carbocycles. The number of aliphatic hydroxyl groups is 1. The van der Waals surface area contributed by atoms with Gasteiger partial charge in [0.05, 0.1) is 11.6 Å². The highest BCUT2D eigenvalue weighted by Gasteiger charge is 2.46. The van der Waals surface area contributed by atoms with Crippen LogP contribution in [0, 0.1) is 0 Å². The Hall–Kier alpha value is -3.39. The molecule has 4 rings (SSSR count). The van der Waals surface area contributed by atoms with Crippen molar-refractivity contribution in [2.75, 3.05) is 33.0 Å². The zero-order valence-corrected chi connectivity index (χ0v) is 17.6. The number of Topliss-reactive ketones (excluding diaryl/α,β-unsaturated/α-hetero) is 1. The molecule has 2 aliphatic heterocycles. The average Bonchev–Trinajstić information content (AvgIpc) is 3.37. The molecule has 162 valence electrons. The molecule has 1 aromatic heterocycles. The number of carbonyl (C=O) groups is 2. The second kappa shape index (κ2) is 8.77. The van der Waals surface area contributed by atoms with Crippen molar-refractivity contribution in [3.63, 3.8) is 0 Å². The monoisotopic (exact) mass is 423 g/mol. The second-order valence-corrected chi connectivity index (χ2v) is 7.37. The molecule has 1 aromatic carbocycles. The van der Waals surface area contributed by atoms with Crippen LogP contribution in [0.15, 0.2) is 48.3 Å². The van der Waals surface area contributed by atoms with Gasteiger partial charge in [0.25, 0.3) is 11.7 Å². The van der Waals surface area contributed by atoms with Crippen molar-refractivity contribution in [2.45, 2.75) is 19.9 Å². The van der Waals surface area contributed by atoms with Gasteiger partial charge in [-0.25, -0.2) is 0 Å². The topological polar surface area (TPSA) is 92.2 Å². The first-order valence-electron chi connectivity index (χ1n) is 10.4. The third-order valence-electron chi connectivity index (χ3n) is 5.74. The lowest BCUT2D eigenvalue weighted by Crippen LogP contribution is -2.38. The van der Waals surface area contributed by atoms with Crippen LogP contribution < -0.4 is 9.47 Å². The maximum Gasteiger partial charge on any atom is 0.295 e. The molecule has 31 heavy (non-hydrogen) atoms. The number of rotatable bonds is 7. The largest absolute Gasteiger partial charge is 0.507 e. The van der Waals surface area contributed by atoms with Crippen LogP contribution in [-0.4, -0.2) is 64.6 Å². The Morgan fingerprint density at radius 3 is 2.68 bits per heavy atom. The molecule has 0 bridgehead atoms. The van der Waals surface area contributed by atoms with E-state index in [0.717, 1.165) is 13.1 Å². The molecule has 1 fully saturated rings. The number of carbonyl (C=O) groups excluding carboxylic acids is 2. The number of hydrogen-bond acceptors (Lipinski definition) is 7. The van der Waals surface area contributed by atoms with Crippen molar-refractivity contribution < 1.29 is 24.2 Å². The lowest BCUT2D eigenvalue weighted by molar-refractivity contribution is -0.140. The fourth-order valence-corrected chi connectivity index (χ4v) is 3.98. The normalized spacial score (nSPS) is 19.5. The number of ketones is 1. The number of amides is 1. The van der Waals surface area contributed by atoms with Crippen LogP contribution in [-0.2, 0) is 9.59 Å². The maximum atomic E-state index is 13.0. The lowest BCUT2D eigenvalue weighted by atomic mass is 9.96. The minimum absolute atomic E-state index is 0.0522. The van der Waals surface area contributed by atoms with Gasteiger partial charge in [-0.15, -0.1) is 0 Å². The predicted molar refractivity (Wildman–Crippen MR) is 114 cm³/mol. The minimum Gasteiger partial charge on any atom is -0.507 e. The molecule has 0 spiro atoms. The van der Waals surface area contributed by atoms with E-state index < -0.39 is 17.7 Å². The Morgan fingerprint density at radius 1 is 1.19 bits per heavy atom. The summed E-state index contributed by atoms with van der Waals surface area (Å²) in [6.45, 7) is 6.88. The molecule has 1 N–H and O–H groups in total. The summed E-state index contributed by atoms with van der Waals surface area (Å²) in [7, 11) is 0. The first-order valence-corrected chi connectivity index (χ1v) is 10.4. The smallest absolute Gasteiger partial charge is 0.295 e. The lowest BCUT2D eigenvalue weighted by Gasteiger charge is -2.28. The molecule has 8 heteroatoms. The molecule has 2 aliphatic rings. The van der Waals surface area contributed by atoms with E-state index >= 15 is 0 Å². The molecule has 1 atom stereocenters. The Balaban J connectivity index is 1.77. The summed E-state index contributed by atoms with van der Waals surface area (Å²) in [6, 6.07) is 7.77. The van der Waals surface area contributed by atoms with E-state index in [4.69, 9.17) is 9.47 Å². The second-order valence-electron chi connectivity index (χ2n) is 7.37. The fourth-order valence-electron chi connectivity index (χ4n) is 3.98. The van der Waals surface area contributed by atoms with E-state index in [-0.39, 0.29) is 18.1 Å². The number of hydrogen-bond donors (Lipinski definition) is 1. The molecule has 3 heterocycles. The Bertz CT molecular complexity index is 1020. The van der Waals surface area contributed by atoms with Crippen molar-refractivity contribution in [1.29, 1.82) is 0 Å². The first kappa shape index (κ1) is 20.9. The summed E-state index contributed by atoms with van der Waals surface area (Å²) in [6.07, 6.45) is 3.25. The van der Waals surface area contributed by atoms with E-state index in [1.807, 2.05) is 0 Å². The Labute approximate surface area is 180 Å². The van der Waals surface area contributed by atoms with Gasteiger partial charge in [0.2, 0.25) is 6.79 Å². The summed E-state index contributed by atoms with van der Waals surface area (Å²) >= 11 is 0. The standard InChI is InChI=1S/C23H25N3O5/c1-3-25(4-2)10-11-26-20(16-6-5-9-24-13-16)19(22(28)23(26)29)21(27)15-7-8-17-18(12-15)31-14-30-17/h5-9,12-13,20,27H,3-4,10-11,14H2,1-2H3/t20-/m0/s1. The number of pyridine rings is 1. The number of nitrogens with zero attached hydrogens (tertiary/aromatic N) is 3. The minimum atomic E-state index is -0.713. The van der Waals surface area contributed by atoms with Gasteiger partial charge < -0.3 is 24.4 Å². The fraction of sp³-hybridized carbons (Fsp3) is 0.348. The quantitative estimate of drug-likeness (QED) is 0.416. The van der Waals surface area contributed by atoms with Crippen molar-refractivity contribution in [2.24, 2.45) is 0 Å².